The highest BCUT2D eigenvalue weighted by molar-refractivity contribution is 5.31. The van der Waals surface area contributed by atoms with Gasteiger partial charge in [-0.15, -0.1) is 0 Å². The maximum Gasteiger partial charge on any atom is 0.109 e. The molecule has 1 saturated heterocycles. The number of aryl methyl sites for hydroxylation is 2. The van der Waals surface area contributed by atoms with Crippen LogP contribution in [0.25, 0.3) is 0 Å². The lowest BCUT2D eigenvalue weighted by Crippen LogP contribution is -2.26. The fourth-order valence-corrected chi connectivity index (χ4v) is 3.43. The van der Waals surface area contributed by atoms with Gasteiger partial charge in [0.1, 0.15) is 6.10 Å². The molecule has 22 heavy (non-hydrogen) atoms. The Kier molecular flexibility index (Phi) is 4.55. The molecule has 0 amide bonds. The quantitative estimate of drug-likeness (QED) is 0.941. The van der Waals surface area contributed by atoms with E-state index in [2.05, 4.69) is 41.9 Å². The second-order valence-corrected chi connectivity index (χ2v) is 6.44. The minimum atomic E-state index is -0.501. The Labute approximate surface area is 132 Å². The van der Waals surface area contributed by atoms with Crippen molar-refractivity contribution in [3.63, 3.8) is 0 Å². The van der Waals surface area contributed by atoms with Crippen LogP contribution >= 0.6 is 0 Å². The average Bonchev–Trinajstić information content (AvgIpc) is 2.96. The van der Waals surface area contributed by atoms with Gasteiger partial charge in [-0.2, -0.15) is 0 Å². The molecule has 3 nitrogen and oxygen atoms in total. The van der Waals surface area contributed by atoms with Gasteiger partial charge in [-0.3, -0.25) is 9.88 Å². The van der Waals surface area contributed by atoms with Gasteiger partial charge >= 0.3 is 0 Å². The van der Waals surface area contributed by atoms with Crippen molar-refractivity contribution in [1.82, 2.24) is 9.88 Å². The van der Waals surface area contributed by atoms with E-state index in [0.717, 1.165) is 25.2 Å². The summed E-state index contributed by atoms with van der Waals surface area (Å²) in [5.74, 6) is 0.578. The molecule has 0 aliphatic carbocycles. The third-order valence-electron chi connectivity index (χ3n) is 4.45. The number of hydrogen-bond acceptors (Lipinski definition) is 3. The normalized spacial score (nSPS) is 20.2. The Balaban J connectivity index is 1.62. The van der Waals surface area contributed by atoms with Gasteiger partial charge in [0.25, 0.3) is 0 Å². The Hall–Kier alpha value is -1.71. The number of aromatic nitrogens is 1. The van der Waals surface area contributed by atoms with Gasteiger partial charge in [0, 0.05) is 19.3 Å². The monoisotopic (exact) mass is 296 g/mol. The maximum absolute atomic E-state index is 10.3. The molecular weight excluding hydrogens is 272 g/mol. The number of hydrogen-bond donors (Lipinski definition) is 1. The summed E-state index contributed by atoms with van der Waals surface area (Å²) in [7, 11) is 0. The smallest absolute Gasteiger partial charge is 0.109 e. The van der Waals surface area contributed by atoms with Gasteiger partial charge in [0.05, 0.1) is 5.69 Å². The molecule has 1 fully saturated rings. The van der Waals surface area contributed by atoms with Crippen molar-refractivity contribution in [2.75, 3.05) is 19.6 Å². The highest BCUT2D eigenvalue weighted by Crippen LogP contribution is 2.29. The summed E-state index contributed by atoms with van der Waals surface area (Å²) in [5, 5.41) is 10.3. The van der Waals surface area contributed by atoms with Crippen LogP contribution in [0.15, 0.2) is 42.6 Å². The molecule has 1 N–H and O–H groups in total. The molecule has 2 aromatic rings. The third kappa shape index (κ3) is 3.54. The molecule has 1 aromatic carbocycles. The van der Waals surface area contributed by atoms with Crippen LogP contribution in [0, 0.1) is 13.8 Å². The molecule has 0 radical (unpaired) electrons. The zero-order valence-electron chi connectivity index (χ0n) is 13.4. The van der Waals surface area contributed by atoms with E-state index in [0.29, 0.717) is 12.5 Å². The molecule has 0 spiro atoms. The number of likely N-dealkylation sites (tertiary alicyclic amines) is 1. The first kappa shape index (κ1) is 15.2. The number of rotatable bonds is 4. The first-order valence-electron chi connectivity index (χ1n) is 8.01. The lowest BCUT2D eigenvalue weighted by atomic mass is 9.95. The van der Waals surface area contributed by atoms with E-state index in [4.69, 9.17) is 0 Å². The van der Waals surface area contributed by atoms with Crippen molar-refractivity contribution < 1.29 is 5.11 Å². The number of benzene rings is 1. The Morgan fingerprint density at radius 2 is 2.00 bits per heavy atom. The molecule has 1 aliphatic rings. The van der Waals surface area contributed by atoms with E-state index in [1.54, 1.807) is 6.20 Å². The van der Waals surface area contributed by atoms with E-state index in [1.807, 2.05) is 18.2 Å². The number of aliphatic hydroxyl groups is 1. The summed E-state index contributed by atoms with van der Waals surface area (Å²) >= 11 is 0. The minimum absolute atomic E-state index is 0.501. The molecule has 2 unspecified atom stereocenters. The fourth-order valence-electron chi connectivity index (χ4n) is 3.43. The highest BCUT2D eigenvalue weighted by Gasteiger charge is 2.26. The van der Waals surface area contributed by atoms with E-state index in [1.165, 1.54) is 16.7 Å². The van der Waals surface area contributed by atoms with Crippen LogP contribution < -0.4 is 0 Å². The first-order valence-corrected chi connectivity index (χ1v) is 8.01. The highest BCUT2D eigenvalue weighted by atomic mass is 16.3. The summed E-state index contributed by atoms with van der Waals surface area (Å²) in [6, 6.07) is 12.5. The lowest BCUT2D eigenvalue weighted by Gasteiger charge is -2.20. The Bertz CT molecular complexity index is 606. The SMILES string of the molecule is Cc1cc(C)cc(C2CCN(CC(O)c3ccccn3)C2)c1. The van der Waals surface area contributed by atoms with Gasteiger partial charge < -0.3 is 5.11 Å². The summed E-state index contributed by atoms with van der Waals surface area (Å²) < 4.78 is 0. The summed E-state index contributed by atoms with van der Waals surface area (Å²) in [6.45, 7) is 7.05. The minimum Gasteiger partial charge on any atom is -0.385 e. The molecule has 0 saturated carbocycles. The van der Waals surface area contributed by atoms with E-state index in [-0.39, 0.29) is 0 Å². The molecule has 116 valence electrons. The standard InChI is InChI=1S/C19H24N2O/c1-14-9-15(2)11-17(10-14)16-6-8-21(12-16)13-19(22)18-5-3-4-7-20-18/h3-5,7,9-11,16,19,22H,6,8,12-13H2,1-2H3. The van der Waals surface area contributed by atoms with Crippen LogP contribution in [0.4, 0.5) is 0 Å². The first-order chi connectivity index (χ1) is 10.6. The summed E-state index contributed by atoms with van der Waals surface area (Å²) in [6.07, 6.45) is 2.40. The van der Waals surface area contributed by atoms with Crippen LogP contribution in [0.5, 0.6) is 0 Å². The van der Waals surface area contributed by atoms with Gasteiger partial charge in [-0.25, -0.2) is 0 Å². The molecule has 3 rings (SSSR count). The van der Waals surface area contributed by atoms with Gasteiger partial charge in [-0.05, 0) is 50.4 Å². The molecule has 3 heteroatoms. The zero-order valence-corrected chi connectivity index (χ0v) is 13.4. The van der Waals surface area contributed by atoms with Crippen molar-refractivity contribution in [2.24, 2.45) is 0 Å². The van der Waals surface area contributed by atoms with E-state index < -0.39 is 6.10 Å². The number of nitrogens with zero attached hydrogens (tertiary/aromatic N) is 2. The molecule has 1 aromatic heterocycles. The van der Waals surface area contributed by atoms with Crippen LogP contribution in [-0.4, -0.2) is 34.6 Å². The predicted octanol–water partition coefficient (Wildman–Crippen LogP) is 3.22. The van der Waals surface area contributed by atoms with Crippen molar-refractivity contribution in [3.8, 4) is 0 Å². The van der Waals surface area contributed by atoms with Crippen LogP contribution in [-0.2, 0) is 0 Å². The number of aliphatic hydroxyl groups excluding tert-OH is 1. The van der Waals surface area contributed by atoms with Gasteiger partial charge in [0.2, 0.25) is 0 Å². The summed E-state index contributed by atoms with van der Waals surface area (Å²) in [5.41, 5.74) is 4.87. The van der Waals surface area contributed by atoms with Gasteiger partial charge in [-0.1, -0.05) is 35.4 Å². The molecule has 1 aliphatic heterocycles. The summed E-state index contributed by atoms with van der Waals surface area (Å²) in [4.78, 5) is 6.59. The second kappa shape index (κ2) is 6.59. The van der Waals surface area contributed by atoms with Gasteiger partial charge in [0.15, 0.2) is 0 Å². The fraction of sp³-hybridized carbons (Fsp3) is 0.421. The van der Waals surface area contributed by atoms with Crippen LogP contribution in [0.2, 0.25) is 0 Å². The molecule has 2 heterocycles. The third-order valence-corrected chi connectivity index (χ3v) is 4.45. The Morgan fingerprint density at radius 1 is 1.23 bits per heavy atom. The van der Waals surface area contributed by atoms with Crippen LogP contribution in [0.1, 0.15) is 40.8 Å². The molecular formula is C19H24N2O. The molecule has 0 bridgehead atoms. The predicted molar refractivity (Wildman–Crippen MR) is 88.9 cm³/mol. The largest absolute Gasteiger partial charge is 0.385 e. The zero-order chi connectivity index (χ0) is 15.5. The lowest BCUT2D eigenvalue weighted by molar-refractivity contribution is 0.122. The number of pyridine rings is 1. The topological polar surface area (TPSA) is 36.4 Å². The van der Waals surface area contributed by atoms with Crippen molar-refractivity contribution in [2.45, 2.75) is 32.3 Å². The van der Waals surface area contributed by atoms with Crippen LogP contribution in [0.3, 0.4) is 0 Å². The average molecular weight is 296 g/mol. The van der Waals surface area contributed by atoms with Crippen molar-refractivity contribution in [3.05, 3.63) is 65.0 Å². The van der Waals surface area contributed by atoms with Crippen molar-refractivity contribution >= 4 is 0 Å². The number of β-amino-alcohol motifs (C(OH)–C–C–N with tert-alkyl or cyclic N) is 1. The molecule has 2 atom stereocenters. The van der Waals surface area contributed by atoms with E-state index >= 15 is 0 Å². The Morgan fingerprint density at radius 3 is 2.68 bits per heavy atom. The maximum atomic E-state index is 10.3. The van der Waals surface area contributed by atoms with Crippen molar-refractivity contribution in [1.29, 1.82) is 0 Å². The van der Waals surface area contributed by atoms with E-state index in [9.17, 15) is 5.11 Å². The second-order valence-electron chi connectivity index (χ2n) is 6.44.